The topological polar surface area (TPSA) is 74.5 Å². The Kier molecular flexibility index (Phi) is 4.94. The molecule has 32 heavy (non-hydrogen) atoms. The van der Waals surface area contributed by atoms with E-state index in [1.165, 1.54) is 17.3 Å². The lowest BCUT2D eigenvalue weighted by molar-refractivity contribution is 0.102. The van der Waals surface area contributed by atoms with Gasteiger partial charge in [-0.1, -0.05) is 29.5 Å². The second kappa shape index (κ2) is 7.80. The highest BCUT2D eigenvalue weighted by Crippen LogP contribution is 2.37. The molecule has 0 saturated heterocycles. The third kappa shape index (κ3) is 3.52. The van der Waals surface area contributed by atoms with E-state index in [1.807, 2.05) is 43.3 Å². The van der Waals surface area contributed by atoms with Gasteiger partial charge in [0.15, 0.2) is 11.5 Å². The van der Waals surface area contributed by atoms with E-state index in [2.05, 4.69) is 5.32 Å². The van der Waals surface area contributed by atoms with Crippen molar-refractivity contribution >= 4 is 34.4 Å². The number of ether oxygens (including phenoxy) is 2. The zero-order chi connectivity index (χ0) is 22.4. The zero-order valence-corrected chi connectivity index (χ0v) is 18.7. The van der Waals surface area contributed by atoms with E-state index >= 15 is 0 Å². The third-order valence-electron chi connectivity index (χ3n) is 5.51. The van der Waals surface area contributed by atoms with Gasteiger partial charge in [-0.05, 0) is 49.4 Å². The molecule has 2 heterocycles. The third-order valence-corrected chi connectivity index (χ3v) is 6.57. The second-order valence-corrected chi connectivity index (χ2v) is 8.79. The fourth-order valence-corrected chi connectivity index (χ4v) is 4.59. The van der Waals surface area contributed by atoms with Gasteiger partial charge < -0.3 is 14.8 Å². The van der Waals surface area contributed by atoms with Gasteiger partial charge in [0.25, 0.3) is 5.91 Å². The average Bonchev–Trinajstić information content (AvgIpc) is 3.34. The minimum absolute atomic E-state index is 0.120. The number of aryl methyl sites for hydroxylation is 3. The molecule has 1 aliphatic rings. The van der Waals surface area contributed by atoms with Crippen LogP contribution in [-0.4, -0.2) is 21.8 Å². The minimum Gasteiger partial charge on any atom is -0.454 e. The molecule has 162 valence electrons. The summed E-state index contributed by atoms with van der Waals surface area (Å²) in [6, 6.07) is 17.1. The highest BCUT2D eigenvalue weighted by molar-refractivity contribution is 7.99. The maximum Gasteiger partial charge on any atom is 0.328 e. The fourth-order valence-electron chi connectivity index (χ4n) is 3.67. The molecule has 5 rings (SSSR count). The van der Waals surface area contributed by atoms with Gasteiger partial charge in [0.2, 0.25) is 6.79 Å². The summed E-state index contributed by atoms with van der Waals surface area (Å²) in [5, 5.41) is 3.02. The van der Waals surface area contributed by atoms with Crippen LogP contribution in [0.25, 0.3) is 11.0 Å². The summed E-state index contributed by atoms with van der Waals surface area (Å²) in [6.07, 6.45) is 0. The number of imidazole rings is 1. The average molecular weight is 448 g/mol. The molecule has 7 nitrogen and oxygen atoms in total. The molecule has 0 atom stereocenters. The number of hydrogen-bond acceptors (Lipinski definition) is 5. The van der Waals surface area contributed by atoms with Gasteiger partial charge in [0, 0.05) is 29.4 Å². The van der Waals surface area contributed by atoms with Crippen molar-refractivity contribution in [1.82, 2.24) is 9.13 Å². The van der Waals surface area contributed by atoms with Crippen LogP contribution in [0.3, 0.4) is 0 Å². The molecule has 0 unspecified atom stereocenters. The number of nitrogens with one attached hydrogen (secondary N) is 1. The molecule has 0 spiro atoms. The van der Waals surface area contributed by atoms with Gasteiger partial charge in [0.05, 0.1) is 16.7 Å². The predicted molar refractivity (Wildman–Crippen MR) is 124 cm³/mol. The standard InChI is InChI=1S/C24H21N3O4S/c1-14-4-7-16(8-5-14)32-22-12-19-18(26(2)24(29)27(19)3)11-17(22)25-23(28)15-6-9-20-21(10-15)31-13-30-20/h4-12H,13H2,1-3H3,(H,25,28). The van der Waals surface area contributed by atoms with Crippen molar-refractivity contribution in [3.63, 3.8) is 0 Å². The zero-order valence-electron chi connectivity index (χ0n) is 17.8. The quantitative estimate of drug-likeness (QED) is 0.504. The maximum atomic E-state index is 13.1. The van der Waals surface area contributed by atoms with Crippen LogP contribution in [0.15, 0.2) is 69.2 Å². The van der Waals surface area contributed by atoms with Crippen LogP contribution in [-0.2, 0) is 14.1 Å². The maximum absolute atomic E-state index is 13.1. The molecule has 0 fully saturated rings. The Morgan fingerprint density at radius 2 is 1.62 bits per heavy atom. The summed E-state index contributed by atoms with van der Waals surface area (Å²) in [6.45, 7) is 2.19. The van der Waals surface area contributed by atoms with Crippen molar-refractivity contribution in [1.29, 1.82) is 0 Å². The first-order valence-electron chi connectivity index (χ1n) is 10.1. The monoisotopic (exact) mass is 447 g/mol. The van der Waals surface area contributed by atoms with Crippen molar-refractivity contribution in [2.75, 3.05) is 12.1 Å². The van der Waals surface area contributed by atoms with E-state index in [9.17, 15) is 9.59 Å². The van der Waals surface area contributed by atoms with Crippen LogP contribution in [0, 0.1) is 6.92 Å². The van der Waals surface area contributed by atoms with Gasteiger partial charge in [-0.25, -0.2) is 4.79 Å². The number of carbonyl (C=O) groups is 1. The van der Waals surface area contributed by atoms with E-state index in [0.717, 1.165) is 20.8 Å². The Labute approximate surface area is 188 Å². The SMILES string of the molecule is Cc1ccc(Sc2cc3c(cc2NC(=O)c2ccc4c(c2)OCO4)n(C)c(=O)n3C)cc1. The smallest absolute Gasteiger partial charge is 0.328 e. The van der Waals surface area contributed by atoms with Crippen LogP contribution in [0.5, 0.6) is 11.5 Å². The molecule has 0 radical (unpaired) electrons. The highest BCUT2D eigenvalue weighted by atomic mass is 32.2. The second-order valence-electron chi connectivity index (χ2n) is 7.67. The van der Waals surface area contributed by atoms with Gasteiger partial charge >= 0.3 is 5.69 Å². The van der Waals surface area contributed by atoms with E-state index in [0.29, 0.717) is 22.7 Å². The Hall–Kier alpha value is -3.65. The summed E-state index contributed by atoms with van der Waals surface area (Å²) < 4.78 is 13.9. The lowest BCUT2D eigenvalue weighted by Gasteiger charge is -2.13. The fraction of sp³-hybridized carbons (Fsp3) is 0.167. The van der Waals surface area contributed by atoms with Gasteiger partial charge in [-0.2, -0.15) is 0 Å². The lowest BCUT2D eigenvalue weighted by Crippen LogP contribution is -2.19. The summed E-state index contributed by atoms with van der Waals surface area (Å²) in [5.74, 6) is 0.903. The molecule has 1 aliphatic heterocycles. The van der Waals surface area contributed by atoms with E-state index in [4.69, 9.17) is 9.47 Å². The van der Waals surface area contributed by atoms with Crippen molar-refractivity contribution in [2.45, 2.75) is 16.7 Å². The number of aromatic nitrogens is 2. The molecule has 0 bridgehead atoms. The summed E-state index contributed by atoms with van der Waals surface area (Å²) in [4.78, 5) is 27.4. The molecule has 3 aromatic carbocycles. The number of rotatable bonds is 4. The van der Waals surface area contributed by atoms with Gasteiger partial charge in [-0.15, -0.1) is 0 Å². The Morgan fingerprint density at radius 3 is 2.38 bits per heavy atom. The molecule has 1 amide bonds. The number of amides is 1. The first-order chi connectivity index (χ1) is 15.4. The summed E-state index contributed by atoms with van der Waals surface area (Å²) in [5.41, 5.74) is 3.69. The molecular weight excluding hydrogens is 426 g/mol. The van der Waals surface area contributed by atoms with E-state index in [1.54, 1.807) is 41.4 Å². The number of fused-ring (bicyclic) bond motifs is 2. The Balaban J connectivity index is 1.56. The molecule has 0 aliphatic carbocycles. The van der Waals surface area contributed by atoms with Crippen LogP contribution in [0.1, 0.15) is 15.9 Å². The van der Waals surface area contributed by atoms with Crippen LogP contribution in [0.2, 0.25) is 0 Å². The van der Waals surface area contributed by atoms with Crippen molar-refractivity contribution in [2.24, 2.45) is 14.1 Å². The van der Waals surface area contributed by atoms with Crippen molar-refractivity contribution in [3.05, 3.63) is 76.2 Å². The number of benzene rings is 3. The lowest BCUT2D eigenvalue weighted by atomic mass is 10.2. The Bertz CT molecular complexity index is 1420. The van der Waals surface area contributed by atoms with Crippen LogP contribution in [0.4, 0.5) is 5.69 Å². The molecule has 1 aromatic heterocycles. The Morgan fingerprint density at radius 1 is 0.938 bits per heavy atom. The largest absolute Gasteiger partial charge is 0.454 e. The van der Waals surface area contributed by atoms with Gasteiger partial charge in [0.1, 0.15) is 0 Å². The number of nitrogens with zero attached hydrogens (tertiary/aromatic N) is 2. The van der Waals surface area contributed by atoms with Crippen LogP contribution >= 0.6 is 11.8 Å². The highest BCUT2D eigenvalue weighted by Gasteiger charge is 2.19. The van der Waals surface area contributed by atoms with Crippen molar-refractivity contribution < 1.29 is 14.3 Å². The van der Waals surface area contributed by atoms with E-state index < -0.39 is 0 Å². The number of anilines is 1. The summed E-state index contributed by atoms with van der Waals surface area (Å²) >= 11 is 1.53. The number of carbonyl (C=O) groups excluding carboxylic acids is 1. The molecule has 8 heteroatoms. The normalized spacial score (nSPS) is 12.3. The van der Waals surface area contributed by atoms with Crippen LogP contribution < -0.4 is 20.5 Å². The van der Waals surface area contributed by atoms with Crippen molar-refractivity contribution in [3.8, 4) is 11.5 Å². The number of hydrogen-bond donors (Lipinski definition) is 1. The predicted octanol–water partition coefficient (Wildman–Crippen LogP) is 4.32. The minimum atomic E-state index is -0.269. The summed E-state index contributed by atoms with van der Waals surface area (Å²) in [7, 11) is 3.47. The molecule has 4 aromatic rings. The van der Waals surface area contributed by atoms with Gasteiger partial charge in [-0.3, -0.25) is 13.9 Å². The molecular formula is C24H21N3O4S. The first-order valence-corrected chi connectivity index (χ1v) is 10.9. The molecule has 1 N–H and O–H groups in total. The molecule has 0 saturated carbocycles. The van der Waals surface area contributed by atoms with E-state index in [-0.39, 0.29) is 18.4 Å². The first kappa shape index (κ1) is 20.3.